The van der Waals surface area contributed by atoms with Crippen molar-refractivity contribution in [2.24, 2.45) is 5.73 Å². The third kappa shape index (κ3) is 5.30. The minimum Gasteiger partial charge on any atom is -0.348 e. The van der Waals surface area contributed by atoms with Crippen molar-refractivity contribution in [3.8, 4) is 0 Å². The van der Waals surface area contributed by atoms with Gasteiger partial charge >= 0.3 is 0 Å². The summed E-state index contributed by atoms with van der Waals surface area (Å²) in [4.78, 5) is 15.9. The van der Waals surface area contributed by atoms with Crippen molar-refractivity contribution < 1.29 is 4.79 Å². The van der Waals surface area contributed by atoms with Crippen molar-refractivity contribution >= 4 is 29.7 Å². The van der Waals surface area contributed by atoms with Gasteiger partial charge in [-0.15, -0.1) is 30.3 Å². The number of aromatic nitrogens is 1. The van der Waals surface area contributed by atoms with E-state index in [0.717, 1.165) is 17.8 Å². The first-order chi connectivity index (χ1) is 7.67. The number of carbonyl (C=O) groups excluding carboxylic acids is 1. The number of carbonyl (C=O) groups is 1. The van der Waals surface area contributed by atoms with Crippen LogP contribution in [0.5, 0.6) is 0 Å². The molecule has 3 N–H and O–H groups in total. The van der Waals surface area contributed by atoms with Gasteiger partial charge in [-0.25, -0.2) is 4.98 Å². The quantitative estimate of drug-likeness (QED) is 0.778. The van der Waals surface area contributed by atoms with Crippen LogP contribution in [-0.2, 0) is 6.42 Å². The Labute approximate surface area is 112 Å². The van der Waals surface area contributed by atoms with Crippen LogP contribution >= 0.6 is 23.7 Å². The monoisotopic (exact) mass is 275 g/mol. The summed E-state index contributed by atoms with van der Waals surface area (Å²) < 4.78 is 0. The number of hydrogen-bond donors (Lipinski definition) is 2. The fraction of sp³-hybridized carbons (Fsp3) is 0.455. The van der Waals surface area contributed by atoms with Gasteiger partial charge in [-0.3, -0.25) is 4.79 Å². The largest absolute Gasteiger partial charge is 0.348 e. The standard InChI is InChI=1S/C11H17N3OS.ClH/c1-3-4-8(2)13-11(15)9-7-16-10(14-9)5-6-12;/h3,7-8H,1,4-6,12H2,2H3,(H,13,15);1H. The molecule has 1 amide bonds. The molecule has 0 saturated heterocycles. The lowest BCUT2D eigenvalue weighted by Gasteiger charge is -2.09. The van der Waals surface area contributed by atoms with Crippen LogP contribution in [0.15, 0.2) is 18.0 Å². The predicted molar refractivity (Wildman–Crippen MR) is 73.9 cm³/mol. The normalized spacial score (nSPS) is 11.4. The Morgan fingerprint density at radius 3 is 3.06 bits per heavy atom. The number of nitrogens with one attached hydrogen (secondary N) is 1. The minimum absolute atomic E-state index is 0. The van der Waals surface area contributed by atoms with Gasteiger partial charge in [-0.2, -0.15) is 0 Å². The van der Waals surface area contributed by atoms with Gasteiger partial charge in [0.2, 0.25) is 0 Å². The molecule has 0 aliphatic carbocycles. The average molecular weight is 276 g/mol. The van der Waals surface area contributed by atoms with E-state index in [1.807, 2.05) is 6.92 Å². The molecule has 1 aromatic heterocycles. The number of nitrogens with zero attached hydrogens (tertiary/aromatic N) is 1. The number of hydrogen-bond acceptors (Lipinski definition) is 4. The molecule has 0 aliphatic rings. The lowest BCUT2D eigenvalue weighted by Crippen LogP contribution is -2.32. The molecule has 17 heavy (non-hydrogen) atoms. The van der Waals surface area contributed by atoms with Crippen LogP contribution < -0.4 is 11.1 Å². The van der Waals surface area contributed by atoms with Crippen molar-refractivity contribution in [3.05, 3.63) is 28.7 Å². The summed E-state index contributed by atoms with van der Waals surface area (Å²) in [6, 6.07) is 0.0876. The molecule has 0 aromatic carbocycles. The Balaban J connectivity index is 0.00000256. The molecule has 1 atom stereocenters. The van der Waals surface area contributed by atoms with Gasteiger partial charge in [0.15, 0.2) is 0 Å². The lowest BCUT2D eigenvalue weighted by atomic mass is 10.2. The van der Waals surface area contributed by atoms with E-state index in [2.05, 4.69) is 16.9 Å². The van der Waals surface area contributed by atoms with E-state index in [4.69, 9.17) is 5.73 Å². The van der Waals surface area contributed by atoms with Crippen LogP contribution in [0.2, 0.25) is 0 Å². The average Bonchev–Trinajstić information content (AvgIpc) is 2.67. The van der Waals surface area contributed by atoms with Crippen LogP contribution in [0.4, 0.5) is 0 Å². The van der Waals surface area contributed by atoms with Crippen LogP contribution in [0, 0.1) is 0 Å². The number of thiazole rings is 1. The minimum atomic E-state index is -0.131. The molecule has 4 nitrogen and oxygen atoms in total. The van der Waals surface area contributed by atoms with Crippen molar-refractivity contribution in [1.82, 2.24) is 10.3 Å². The third-order valence-corrected chi connectivity index (χ3v) is 2.95. The van der Waals surface area contributed by atoms with Crippen molar-refractivity contribution in [2.45, 2.75) is 25.8 Å². The first kappa shape index (κ1) is 16.1. The number of nitrogens with two attached hydrogens (primary N) is 1. The molecule has 0 fully saturated rings. The molecule has 96 valence electrons. The highest BCUT2D eigenvalue weighted by molar-refractivity contribution is 7.09. The maximum absolute atomic E-state index is 11.7. The van der Waals surface area contributed by atoms with Gasteiger partial charge in [-0.05, 0) is 19.9 Å². The Morgan fingerprint density at radius 2 is 2.47 bits per heavy atom. The highest BCUT2D eigenvalue weighted by Gasteiger charge is 2.12. The summed E-state index contributed by atoms with van der Waals surface area (Å²) in [6.07, 6.45) is 3.26. The molecule has 1 aromatic rings. The maximum atomic E-state index is 11.7. The van der Waals surface area contributed by atoms with E-state index in [1.165, 1.54) is 11.3 Å². The Morgan fingerprint density at radius 1 is 1.76 bits per heavy atom. The molecular weight excluding hydrogens is 258 g/mol. The zero-order valence-corrected chi connectivity index (χ0v) is 11.4. The molecule has 0 radical (unpaired) electrons. The third-order valence-electron chi connectivity index (χ3n) is 2.04. The smallest absolute Gasteiger partial charge is 0.270 e. The van der Waals surface area contributed by atoms with E-state index < -0.39 is 0 Å². The lowest BCUT2D eigenvalue weighted by molar-refractivity contribution is 0.0936. The fourth-order valence-electron chi connectivity index (χ4n) is 1.26. The molecule has 1 unspecified atom stereocenters. The molecule has 0 aliphatic heterocycles. The van der Waals surface area contributed by atoms with E-state index in [9.17, 15) is 4.79 Å². The SMILES string of the molecule is C=CCC(C)NC(=O)c1csc(CCN)n1.Cl. The first-order valence-corrected chi connectivity index (χ1v) is 6.11. The molecule has 1 heterocycles. The van der Waals surface area contributed by atoms with Gasteiger partial charge in [0.05, 0.1) is 5.01 Å². The van der Waals surface area contributed by atoms with Gasteiger partial charge < -0.3 is 11.1 Å². The summed E-state index contributed by atoms with van der Waals surface area (Å²) in [5.41, 5.74) is 5.90. The Bertz CT molecular complexity index is 367. The van der Waals surface area contributed by atoms with E-state index in [1.54, 1.807) is 11.5 Å². The summed E-state index contributed by atoms with van der Waals surface area (Å²) in [5.74, 6) is -0.131. The topological polar surface area (TPSA) is 68.0 Å². The number of halogens is 1. The van der Waals surface area contributed by atoms with Crippen LogP contribution in [0.25, 0.3) is 0 Å². The second kappa shape index (κ2) is 8.22. The fourth-order valence-corrected chi connectivity index (χ4v) is 2.05. The Hall–Kier alpha value is -0.910. The van der Waals surface area contributed by atoms with Crippen LogP contribution in [0.3, 0.4) is 0 Å². The van der Waals surface area contributed by atoms with Crippen molar-refractivity contribution in [3.63, 3.8) is 0 Å². The molecular formula is C11H18ClN3OS. The molecule has 6 heteroatoms. The second-order valence-corrected chi connectivity index (χ2v) is 4.51. The number of rotatable bonds is 6. The molecule has 0 saturated carbocycles. The zero-order chi connectivity index (χ0) is 12.0. The highest BCUT2D eigenvalue weighted by Crippen LogP contribution is 2.10. The van der Waals surface area contributed by atoms with Crippen LogP contribution in [-0.4, -0.2) is 23.5 Å². The Kier molecular flexibility index (Phi) is 7.78. The van der Waals surface area contributed by atoms with E-state index in [-0.39, 0.29) is 24.4 Å². The molecule has 0 spiro atoms. The van der Waals surface area contributed by atoms with Gasteiger partial charge in [0, 0.05) is 17.8 Å². The molecule has 1 rings (SSSR count). The van der Waals surface area contributed by atoms with Gasteiger partial charge in [0.1, 0.15) is 5.69 Å². The second-order valence-electron chi connectivity index (χ2n) is 3.56. The van der Waals surface area contributed by atoms with Crippen molar-refractivity contribution in [2.75, 3.05) is 6.54 Å². The highest BCUT2D eigenvalue weighted by atomic mass is 35.5. The molecule has 0 bridgehead atoms. The number of amides is 1. The van der Waals surface area contributed by atoms with Gasteiger partial charge in [0.25, 0.3) is 5.91 Å². The van der Waals surface area contributed by atoms with E-state index in [0.29, 0.717) is 12.2 Å². The van der Waals surface area contributed by atoms with Crippen LogP contribution in [0.1, 0.15) is 28.8 Å². The van der Waals surface area contributed by atoms with Crippen molar-refractivity contribution in [1.29, 1.82) is 0 Å². The summed E-state index contributed by atoms with van der Waals surface area (Å²) in [7, 11) is 0. The summed E-state index contributed by atoms with van der Waals surface area (Å²) in [6.45, 7) is 6.12. The van der Waals surface area contributed by atoms with Gasteiger partial charge in [-0.1, -0.05) is 6.08 Å². The summed E-state index contributed by atoms with van der Waals surface area (Å²) in [5, 5.41) is 5.53. The maximum Gasteiger partial charge on any atom is 0.270 e. The van der Waals surface area contributed by atoms with E-state index >= 15 is 0 Å². The first-order valence-electron chi connectivity index (χ1n) is 5.23. The summed E-state index contributed by atoms with van der Waals surface area (Å²) >= 11 is 1.47. The predicted octanol–water partition coefficient (Wildman–Crippen LogP) is 1.76. The zero-order valence-electron chi connectivity index (χ0n) is 9.81.